The summed E-state index contributed by atoms with van der Waals surface area (Å²) in [6.45, 7) is 0.836. The fraction of sp³-hybridized carbons (Fsp3) is 0.643. The molecule has 2 aliphatic rings. The fourth-order valence-electron chi connectivity index (χ4n) is 3.66. The lowest BCUT2D eigenvalue weighted by Gasteiger charge is -2.38. The van der Waals surface area contributed by atoms with E-state index in [4.69, 9.17) is 9.52 Å². The molecule has 0 spiro atoms. The van der Waals surface area contributed by atoms with Gasteiger partial charge in [-0.3, -0.25) is 9.69 Å². The molecule has 104 valence electrons. The minimum absolute atomic E-state index is 0.325. The second kappa shape index (κ2) is 5.29. The molecule has 2 fully saturated rings. The summed E-state index contributed by atoms with van der Waals surface area (Å²) in [5.74, 6) is 0.673. The molecular weight excluding hydrogens is 310 g/mol. The Morgan fingerprint density at radius 2 is 2.11 bits per heavy atom. The Labute approximate surface area is 120 Å². The normalized spacial score (nSPS) is 30.7. The zero-order valence-corrected chi connectivity index (χ0v) is 12.3. The molecule has 0 radical (unpaired) electrons. The topological polar surface area (TPSA) is 53.7 Å². The van der Waals surface area contributed by atoms with Gasteiger partial charge in [-0.25, -0.2) is 0 Å². The lowest BCUT2D eigenvalue weighted by Crippen LogP contribution is -2.42. The van der Waals surface area contributed by atoms with Gasteiger partial charge in [0.05, 0.1) is 17.3 Å². The SMILES string of the molecule is O=C(O)CC1CC2CCC(C1)N2Cc1occc1Br. The van der Waals surface area contributed by atoms with E-state index in [0.717, 1.165) is 29.6 Å². The Morgan fingerprint density at radius 3 is 2.63 bits per heavy atom. The van der Waals surface area contributed by atoms with Gasteiger partial charge in [-0.2, -0.15) is 0 Å². The molecule has 1 aromatic heterocycles. The number of fused-ring (bicyclic) bond motifs is 2. The lowest BCUT2D eigenvalue weighted by molar-refractivity contribution is -0.138. The van der Waals surface area contributed by atoms with Crippen molar-refractivity contribution in [3.63, 3.8) is 0 Å². The Kier molecular flexibility index (Phi) is 3.67. The first-order valence-corrected chi connectivity index (χ1v) is 7.62. The van der Waals surface area contributed by atoms with Crippen molar-refractivity contribution in [2.24, 2.45) is 5.92 Å². The molecular formula is C14H18BrNO3. The second-order valence-corrected chi connectivity index (χ2v) is 6.54. The number of carbonyl (C=O) groups is 1. The summed E-state index contributed by atoms with van der Waals surface area (Å²) in [5.41, 5.74) is 0. The van der Waals surface area contributed by atoms with Crippen molar-refractivity contribution in [1.82, 2.24) is 4.90 Å². The van der Waals surface area contributed by atoms with Gasteiger partial charge in [0.15, 0.2) is 0 Å². The monoisotopic (exact) mass is 327 g/mol. The summed E-state index contributed by atoms with van der Waals surface area (Å²) < 4.78 is 6.53. The fourth-order valence-corrected chi connectivity index (χ4v) is 3.99. The van der Waals surface area contributed by atoms with Gasteiger partial charge in [0.25, 0.3) is 0 Å². The average Bonchev–Trinajstić information content (AvgIpc) is 2.83. The van der Waals surface area contributed by atoms with Gasteiger partial charge in [0, 0.05) is 18.5 Å². The van der Waals surface area contributed by atoms with Crippen LogP contribution in [0.2, 0.25) is 0 Å². The number of carboxylic acid groups (broad SMARTS) is 1. The maximum atomic E-state index is 10.8. The van der Waals surface area contributed by atoms with E-state index in [1.54, 1.807) is 6.26 Å². The molecule has 0 aromatic carbocycles. The highest BCUT2D eigenvalue weighted by molar-refractivity contribution is 9.10. The van der Waals surface area contributed by atoms with Gasteiger partial charge >= 0.3 is 5.97 Å². The molecule has 4 nitrogen and oxygen atoms in total. The predicted molar refractivity (Wildman–Crippen MR) is 73.7 cm³/mol. The average molecular weight is 328 g/mol. The van der Waals surface area contributed by atoms with E-state index in [9.17, 15) is 4.79 Å². The Bertz CT molecular complexity index is 459. The van der Waals surface area contributed by atoms with E-state index in [2.05, 4.69) is 20.8 Å². The Balaban J connectivity index is 1.66. The maximum absolute atomic E-state index is 10.8. The number of hydrogen-bond acceptors (Lipinski definition) is 3. The smallest absolute Gasteiger partial charge is 0.303 e. The molecule has 3 heterocycles. The van der Waals surface area contributed by atoms with Crippen LogP contribution in [0.4, 0.5) is 0 Å². The van der Waals surface area contributed by atoms with E-state index in [-0.39, 0.29) is 0 Å². The van der Waals surface area contributed by atoms with Gasteiger partial charge in [-0.15, -0.1) is 0 Å². The molecule has 2 bridgehead atoms. The zero-order chi connectivity index (χ0) is 13.4. The molecule has 1 N–H and O–H groups in total. The highest BCUT2D eigenvalue weighted by Crippen LogP contribution is 2.41. The van der Waals surface area contributed by atoms with Crippen molar-refractivity contribution in [2.75, 3.05) is 0 Å². The zero-order valence-electron chi connectivity index (χ0n) is 10.7. The largest absolute Gasteiger partial charge is 0.481 e. The summed E-state index contributed by atoms with van der Waals surface area (Å²) in [6, 6.07) is 2.98. The van der Waals surface area contributed by atoms with Crippen LogP contribution in [0.5, 0.6) is 0 Å². The first kappa shape index (κ1) is 13.2. The number of aliphatic carboxylic acids is 1. The molecule has 19 heavy (non-hydrogen) atoms. The van der Waals surface area contributed by atoms with Crippen molar-refractivity contribution in [1.29, 1.82) is 0 Å². The summed E-state index contributed by atoms with van der Waals surface area (Å²) >= 11 is 3.50. The lowest BCUT2D eigenvalue weighted by atomic mass is 9.88. The van der Waals surface area contributed by atoms with Crippen LogP contribution in [-0.2, 0) is 11.3 Å². The number of furan rings is 1. The van der Waals surface area contributed by atoms with Crippen molar-refractivity contribution >= 4 is 21.9 Å². The molecule has 2 aliphatic heterocycles. The third-order valence-corrected chi connectivity index (χ3v) is 5.17. The van der Waals surface area contributed by atoms with Crippen LogP contribution in [0.1, 0.15) is 37.9 Å². The quantitative estimate of drug-likeness (QED) is 0.922. The van der Waals surface area contributed by atoms with Gasteiger partial charge < -0.3 is 9.52 Å². The molecule has 0 saturated carbocycles. The van der Waals surface area contributed by atoms with Crippen molar-refractivity contribution in [2.45, 2.75) is 50.7 Å². The summed E-state index contributed by atoms with van der Waals surface area (Å²) in [4.78, 5) is 13.4. The number of piperidine rings is 1. The van der Waals surface area contributed by atoms with Crippen LogP contribution in [-0.4, -0.2) is 28.1 Å². The first-order valence-electron chi connectivity index (χ1n) is 6.83. The molecule has 2 saturated heterocycles. The van der Waals surface area contributed by atoms with Crippen LogP contribution in [0.3, 0.4) is 0 Å². The van der Waals surface area contributed by atoms with Crippen molar-refractivity contribution in [3.8, 4) is 0 Å². The van der Waals surface area contributed by atoms with Crippen LogP contribution in [0, 0.1) is 5.92 Å². The van der Waals surface area contributed by atoms with E-state index in [1.807, 2.05) is 6.07 Å². The maximum Gasteiger partial charge on any atom is 0.303 e. The third-order valence-electron chi connectivity index (χ3n) is 4.46. The standard InChI is InChI=1S/C14H18BrNO3/c15-12-3-4-19-13(12)8-16-10-1-2-11(16)6-9(5-10)7-14(17)18/h3-4,9-11H,1-2,5-8H2,(H,17,18). The van der Waals surface area contributed by atoms with E-state index in [1.165, 1.54) is 12.8 Å². The molecule has 2 atom stereocenters. The van der Waals surface area contributed by atoms with E-state index in [0.29, 0.717) is 24.4 Å². The van der Waals surface area contributed by atoms with E-state index < -0.39 is 5.97 Å². The molecule has 3 rings (SSSR count). The van der Waals surface area contributed by atoms with Crippen LogP contribution in [0.15, 0.2) is 21.2 Å². The predicted octanol–water partition coefficient (Wildman–Crippen LogP) is 3.26. The molecule has 2 unspecified atom stereocenters. The first-order chi connectivity index (χ1) is 9.13. The summed E-state index contributed by atoms with van der Waals surface area (Å²) in [5, 5.41) is 8.93. The minimum atomic E-state index is -0.661. The summed E-state index contributed by atoms with van der Waals surface area (Å²) in [6.07, 6.45) is 6.45. The molecule has 0 amide bonds. The number of nitrogens with zero attached hydrogens (tertiary/aromatic N) is 1. The van der Waals surface area contributed by atoms with Gasteiger partial charge in [0.1, 0.15) is 5.76 Å². The summed E-state index contributed by atoms with van der Waals surface area (Å²) in [7, 11) is 0. The highest BCUT2D eigenvalue weighted by Gasteiger charge is 2.41. The van der Waals surface area contributed by atoms with Gasteiger partial charge in [-0.05, 0) is 53.6 Å². The van der Waals surface area contributed by atoms with E-state index >= 15 is 0 Å². The van der Waals surface area contributed by atoms with Crippen LogP contribution in [0.25, 0.3) is 0 Å². The second-order valence-electron chi connectivity index (χ2n) is 5.68. The number of rotatable bonds is 4. The van der Waals surface area contributed by atoms with Crippen LogP contribution < -0.4 is 0 Å². The van der Waals surface area contributed by atoms with Crippen LogP contribution >= 0.6 is 15.9 Å². The minimum Gasteiger partial charge on any atom is -0.481 e. The molecule has 5 heteroatoms. The molecule has 0 aliphatic carbocycles. The number of carboxylic acids is 1. The highest BCUT2D eigenvalue weighted by atomic mass is 79.9. The number of halogens is 1. The van der Waals surface area contributed by atoms with Crippen molar-refractivity contribution < 1.29 is 14.3 Å². The van der Waals surface area contributed by atoms with Gasteiger partial charge in [-0.1, -0.05) is 0 Å². The van der Waals surface area contributed by atoms with Crippen molar-refractivity contribution in [3.05, 3.63) is 22.6 Å². The Hall–Kier alpha value is -0.810. The Morgan fingerprint density at radius 1 is 1.42 bits per heavy atom. The van der Waals surface area contributed by atoms with Gasteiger partial charge in [0.2, 0.25) is 0 Å². The molecule has 1 aromatic rings. The number of hydrogen-bond donors (Lipinski definition) is 1. The third kappa shape index (κ3) is 2.72.